The molecule has 1 aromatic carbocycles. The molecule has 2 amide bonds. The van der Waals surface area contributed by atoms with Gasteiger partial charge in [0.15, 0.2) is 0 Å². The Balaban J connectivity index is 1.42. The van der Waals surface area contributed by atoms with Gasteiger partial charge in [-0.1, -0.05) is 32.8 Å². The lowest BCUT2D eigenvalue weighted by Gasteiger charge is -2.35. The van der Waals surface area contributed by atoms with Crippen molar-refractivity contribution in [3.8, 4) is 5.75 Å². The average Bonchev–Trinajstić information content (AvgIpc) is 3.53. The fourth-order valence-electron chi connectivity index (χ4n) is 6.30. The molecule has 1 aromatic rings. The minimum absolute atomic E-state index is 0.0334. The van der Waals surface area contributed by atoms with E-state index in [1.807, 2.05) is 18.2 Å². The lowest BCUT2D eigenvalue weighted by Crippen LogP contribution is -2.51. The van der Waals surface area contributed by atoms with Crippen LogP contribution in [0.5, 0.6) is 5.75 Å². The maximum atomic E-state index is 13.4. The summed E-state index contributed by atoms with van der Waals surface area (Å²) in [5.41, 5.74) is 1.66. The first-order chi connectivity index (χ1) is 17.4. The zero-order valence-corrected chi connectivity index (χ0v) is 21.6. The van der Waals surface area contributed by atoms with Crippen molar-refractivity contribution >= 4 is 11.8 Å². The zero-order chi connectivity index (χ0) is 25.2. The van der Waals surface area contributed by atoms with Gasteiger partial charge in [-0.3, -0.25) is 14.5 Å². The van der Waals surface area contributed by atoms with Gasteiger partial charge >= 0.3 is 0 Å². The van der Waals surface area contributed by atoms with Crippen molar-refractivity contribution in [3.05, 3.63) is 29.3 Å². The van der Waals surface area contributed by atoms with Crippen LogP contribution in [0.3, 0.4) is 0 Å². The van der Waals surface area contributed by atoms with Crippen LogP contribution in [0.4, 0.5) is 0 Å². The fourth-order valence-corrected chi connectivity index (χ4v) is 6.30. The summed E-state index contributed by atoms with van der Waals surface area (Å²) in [6, 6.07) is 5.81. The van der Waals surface area contributed by atoms with Crippen molar-refractivity contribution in [2.75, 3.05) is 19.7 Å². The third kappa shape index (κ3) is 5.55. The SMILES string of the molecule is CC(C)c1ccc2c(c1)OCC[C@@H]1CC[C@H](O)[C@@H](CNC(=O)[C@@H]3C[C@@H](CN3C3CCCC3)NC2=O)O1. The van der Waals surface area contributed by atoms with Crippen LogP contribution in [0.1, 0.15) is 87.1 Å². The molecule has 3 aliphatic heterocycles. The highest BCUT2D eigenvalue weighted by molar-refractivity contribution is 5.97. The summed E-state index contributed by atoms with van der Waals surface area (Å²) in [5.74, 6) is 0.731. The Morgan fingerprint density at radius 3 is 2.67 bits per heavy atom. The number of amides is 2. The lowest BCUT2D eigenvalue weighted by molar-refractivity contribution is -0.134. The molecule has 0 aromatic heterocycles. The van der Waals surface area contributed by atoms with Gasteiger partial charge in [-0.25, -0.2) is 0 Å². The molecule has 4 aliphatic rings. The quantitative estimate of drug-likeness (QED) is 0.579. The third-order valence-electron chi connectivity index (χ3n) is 8.44. The molecule has 36 heavy (non-hydrogen) atoms. The topological polar surface area (TPSA) is 100 Å². The highest BCUT2D eigenvalue weighted by Gasteiger charge is 2.42. The number of rotatable bonds is 2. The molecule has 2 saturated heterocycles. The van der Waals surface area contributed by atoms with Crippen LogP contribution in [0.25, 0.3) is 0 Å². The van der Waals surface area contributed by atoms with Gasteiger partial charge in [0.2, 0.25) is 5.91 Å². The summed E-state index contributed by atoms with van der Waals surface area (Å²) in [7, 11) is 0. The Bertz CT molecular complexity index is 947. The highest BCUT2D eigenvalue weighted by Crippen LogP contribution is 2.32. The molecule has 5 rings (SSSR count). The van der Waals surface area contributed by atoms with Gasteiger partial charge in [0.25, 0.3) is 5.91 Å². The van der Waals surface area contributed by atoms with Gasteiger partial charge in [0.05, 0.1) is 30.4 Å². The maximum absolute atomic E-state index is 13.4. The molecule has 198 valence electrons. The number of hydrogen-bond donors (Lipinski definition) is 3. The van der Waals surface area contributed by atoms with Gasteiger partial charge in [-0.05, 0) is 55.7 Å². The summed E-state index contributed by atoms with van der Waals surface area (Å²) < 4.78 is 12.4. The van der Waals surface area contributed by atoms with Crippen molar-refractivity contribution in [3.63, 3.8) is 0 Å². The molecular formula is C28H41N3O5. The molecule has 8 heteroatoms. The minimum Gasteiger partial charge on any atom is -0.493 e. The predicted octanol–water partition coefficient (Wildman–Crippen LogP) is 2.73. The third-order valence-corrected chi connectivity index (χ3v) is 8.44. The number of fused-ring (bicyclic) bond motifs is 5. The van der Waals surface area contributed by atoms with Gasteiger partial charge in [-0.15, -0.1) is 0 Å². The van der Waals surface area contributed by atoms with E-state index in [0.29, 0.717) is 62.2 Å². The second-order valence-electron chi connectivity index (χ2n) is 11.3. The van der Waals surface area contributed by atoms with E-state index >= 15 is 0 Å². The molecule has 3 N–H and O–H groups in total. The number of hydrogen-bond acceptors (Lipinski definition) is 6. The molecule has 5 atom stereocenters. The number of nitrogens with zero attached hydrogens (tertiary/aromatic N) is 1. The first-order valence-corrected chi connectivity index (χ1v) is 13.8. The van der Waals surface area contributed by atoms with Gasteiger partial charge in [0.1, 0.15) is 11.9 Å². The first kappa shape index (κ1) is 25.5. The molecule has 0 radical (unpaired) electrons. The largest absolute Gasteiger partial charge is 0.493 e. The van der Waals surface area contributed by atoms with E-state index < -0.39 is 12.2 Å². The van der Waals surface area contributed by atoms with E-state index in [1.165, 1.54) is 12.8 Å². The second-order valence-corrected chi connectivity index (χ2v) is 11.3. The van der Waals surface area contributed by atoms with Crippen LogP contribution >= 0.6 is 0 Å². The summed E-state index contributed by atoms with van der Waals surface area (Å²) in [5, 5.41) is 16.8. The number of carbonyl (C=O) groups is 2. The number of likely N-dealkylation sites (tertiary alicyclic amines) is 1. The van der Waals surface area contributed by atoms with Gasteiger partial charge in [0, 0.05) is 31.6 Å². The van der Waals surface area contributed by atoms with E-state index in [9.17, 15) is 14.7 Å². The minimum atomic E-state index is -0.586. The Kier molecular flexibility index (Phi) is 7.84. The van der Waals surface area contributed by atoms with Gasteiger partial charge < -0.3 is 25.2 Å². The van der Waals surface area contributed by atoms with Crippen LogP contribution in [0.15, 0.2) is 18.2 Å². The number of ether oxygens (including phenoxy) is 2. The van der Waals surface area contributed by atoms with Crippen molar-refractivity contribution in [1.29, 1.82) is 0 Å². The summed E-state index contributed by atoms with van der Waals surface area (Å²) >= 11 is 0. The number of nitrogens with one attached hydrogen (secondary N) is 2. The number of aliphatic hydroxyl groups excluding tert-OH is 1. The summed E-state index contributed by atoms with van der Waals surface area (Å²) in [6.45, 7) is 5.63. The Labute approximate surface area is 214 Å². The number of aliphatic hydroxyl groups is 1. The molecule has 3 fully saturated rings. The average molecular weight is 500 g/mol. The monoisotopic (exact) mass is 499 g/mol. The molecule has 1 aliphatic carbocycles. The fraction of sp³-hybridized carbons (Fsp3) is 0.714. The highest BCUT2D eigenvalue weighted by atomic mass is 16.5. The van der Waals surface area contributed by atoms with Crippen LogP contribution in [0, 0.1) is 0 Å². The van der Waals surface area contributed by atoms with Crippen molar-refractivity contribution in [2.24, 2.45) is 0 Å². The van der Waals surface area contributed by atoms with E-state index in [1.54, 1.807) is 0 Å². The van der Waals surface area contributed by atoms with E-state index in [2.05, 4.69) is 29.4 Å². The van der Waals surface area contributed by atoms with Gasteiger partial charge in [-0.2, -0.15) is 0 Å². The molecule has 0 spiro atoms. The lowest BCUT2D eigenvalue weighted by atomic mass is 9.98. The maximum Gasteiger partial charge on any atom is 0.255 e. The summed E-state index contributed by atoms with van der Waals surface area (Å²) in [4.78, 5) is 29.1. The van der Waals surface area contributed by atoms with E-state index in [-0.39, 0.29) is 30.0 Å². The standard InChI is InChI=1S/C28H41N3O5/c1-17(2)18-7-9-22-25(13-18)35-12-11-21-8-10-24(32)26(36-21)15-29-28(34)23-14-19(30-27(22)33)16-31(23)20-5-3-4-6-20/h7,9,13,17,19-21,23-24,26,32H,3-6,8,10-12,14-16H2,1-2H3,(H,29,34)(H,30,33)/t19-,21-,23-,24-,26+/m0/s1. The summed E-state index contributed by atoms with van der Waals surface area (Å²) in [6.07, 6.45) is 6.09. The smallest absolute Gasteiger partial charge is 0.255 e. The molecule has 0 unspecified atom stereocenters. The molecule has 3 heterocycles. The number of carbonyl (C=O) groups excluding carboxylic acids is 2. The van der Waals surface area contributed by atoms with Crippen LogP contribution < -0.4 is 15.4 Å². The second kappa shape index (κ2) is 11.1. The normalized spacial score (nSPS) is 32.6. The Hall–Kier alpha value is -2.16. The van der Waals surface area contributed by atoms with Crippen LogP contribution in [0.2, 0.25) is 0 Å². The zero-order valence-electron chi connectivity index (χ0n) is 21.6. The Morgan fingerprint density at radius 2 is 1.89 bits per heavy atom. The van der Waals surface area contributed by atoms with Crippen molar-refractivity contribution < 1.29 is 24.2 Å². The molecular weight excluding hydrogens is 458 g/mol. The van der Waals surface area contributed by atoms with Crippen molar-refractivity contribution in [2.45, 2.75) is 108 Å². The number of benzene rings is 1. The Morgan fingerprint density at radius 1 is 1.08 bits per heavy atom. The van der Waals surface area contributed by atoms with Crippen LogP contribution in [-0.4, -0.2) is 78.0 Å². The van der Waals surface area contributed by atoms with E-state index in [4.69, 9.17) is 9.47 Å². The predicted molar refractivity (Wildman–Crippen MR) is 136 cm³/mol. The molecule has 8 nitrogen and oxygen atoms in total. The molecule has 4 bridgehead atoms. The molecule has 1 saturated carbocycles. The first-order valence-electron chi connectivity index (χ1n) is 13.8. The van der Waals surface area contributed by atoms with Crippen LogP contribution in [-0.2, 0) is 9.53 Å². The van der Waals surface area contributed by atoms with E-state index in [0.717, 1.165) is 24.8 Å². The van der Waals surface area contributed by atoms with Crippen molar-refractivity contribution in [1.82, 2.24) is 15.5 Å².